The summed E-state index contributed by atoms with van der Waals surface area (Å²) in [5.74, 6) is -0.330. The number of piperazine rings is 1. The van der Waals surface area contributed by atoms with Gasteiger partial charge in [-0.1, -0.05) is 12.1 Å². The van der Waals surface area contributed by atoms with Crippen LogP contribution in [0.3, 0.4) is 0 Å². The first-order valence-electron chi connectivity index (χ1n) is 7.12. The number of hydrogen-bond donors (Lipinski definition) is 0. The zero-order valence-electron chi connectivity index (χ0n) is 12.6. The van der Waals surface area contributed by atoms with Crippen LogP contribution in [0.15, 0.2) is 24.4 Å². The van der Waals surface area contributed by atoms with Crippen LogP contribution in [0.4, 0.5) is 0 Å². The van der Waals surface area contributed by atoms with E-state index in [-0.39, 0.29) is 5.97 Å². The molecule has 0 amide bonds. The van der Waals surface area contributed by atoms with Gasteiger partial charge in [0.2, 0.25) is 0 Å². The maximum absolute atomic E-state index is 12.0. The summed E-state index contributed by atoms with van der Waals surface area (Å²) >= 11 is 0. The number of nitrogens with zero attached hydrogens (tertiary/aromatic N) is 4. The Balaban J connectivity index is 2.09. The monoisotopic (exact) mass is 288 g/mol. The van der Waals surface area contributed by atoms with Crippen molar-refractivity contribution in [3.63, 3.8) is 0 Å². The van der Waals surface area contributed by atoms with Crippen LogP contribution < -0.4 is 5.01 Å². The second-order valence-corrected chi connectivity index (χ2v) is 5.54. The Hall–Kier alpha value is -2.08. The van der Waals surface area contributed by atoms with Gasteiger partial charge in [-0.25, -0.2) is 4.79 Å². The first kappa shape index (κ1) is 13.9. The molecule has 1 unspecified atom stereocenters. The minimum absolute atomic E-state index is 0.330. The quantitative estimate of drug-likeness (QED) is 0.774. The van der Waals surface area contributed by atoms with Crippen molar-refractivity contribution in [2.45, 2.75) is 13.0 Å². The molecule has 1 saturated heterocycles. The lowest BCUT2D eigenvalue weighted by Gasteiger charge is -2.39. The fourth-order valence-corrected chi connectivity index (χ4v) is 2.94. The fourth-order valence-electron chi connectivity index (χ4n) is 2.94. The predicted molar refractivity (Wildman–Crippen MR) is 81.1 cm³/mol. The van der Waals surface area contributed by atoms with Gasteiger partial charge in [-0.05, 0) is 20.0 Å². The molecule has 0 N–H and O–H groups in total. The van der Waals surface area contributed by atoms with Crippen molar-refractivity contribution in [2.24, 2.45) is 0 Å². The highest BCUT2D eigenvalue weighted by molar-refractivity contribution is 6.02. The van der Waals surface area contributed by atoms with Gasteiger partial charge in [0.25, 0.3) is 0 Å². The molecule has 2 aromatic rings. The summed E-state index contributed by atoms with van der Waals surface area (Å²) in [6.07, 6.45) is 1.80. The van der Waals surface area contributed by atoms with E-state index < -0.39 is 0 Å². The lowest BCUT2D eigenvalue weighted by atomic mass is 10.1. The minimum Gasteiger partial charge on any atom is -0.465 e. The number of likely N-dealkylation sites (N-methyl/N-ethyl adjacent to an activating group) is 1. The number of fused-ring (bicyclic) bond motifs is 1. The van der Waals surface area contributed by atoms with Gasteiger partial charge in [-0.15, -0.1) is 0 Å². The number of hydrogen-bond acceptors (Lipinski definition) is 5. The fraction of sp³-hybridized carbons (Fsp3) is 0.467. The number of carbonyl (C=O) groups is 1. The Kier molecular flexibility index (Phi) is 3.55. The lowest BCUT2D eigenvalue weighted by molar-refractivity contribution is 0.0602. The molecular formula is C15H20N4O2. The predicted octanol–water partition coefficient (Wildman–Crippen LogP) is 1.09. The topological polar surface area (TPSA) is 50.6 Å². The maximum Gasteiger partial charge on any atom is 0.340 e. The zero-order valence-corrected chi connectivity index (χ0v) is 12.6. The number of esters is 1. The maximum atomic E-state index is 12.0. The van der Waals surface area contributed by atoms with Crippen molar-refractivity contribution in [3.05, 3.63) is 30.0 Å². The van der Waals surface area contributed by atoms with E-state index >= 15 is 0 Å². The van der Waals surface area contributed by atoms with Crippen LogP contribution in [-0.2, 0) is 4.74 Å². The standard InChI is InChI=1S/C15H20N4O2/c1-11-10-17(2)7-8-18(11)19-14-12(9-16-19)5-4-6-13(14)15(20)21-3/h4-6,9,11H,7-8,10H2,1-3H3. The molecule has 0 radical (unpaired) electrons. The Labute approximate surface area is 123 Å². The number of methoxy groups -OCH3 is 1. The van der Waals surface area contributed by atoms with E-state index in [1.54, 1.807) is 12.3 Å². The van der Waals surface area contributed by atoms with Crippen molar-refractivity contribution in [2.75, 3.05) is 38.8 Å². The van der Waals surface area contributed by atoms with Crippen LogP contribution in [0.25, 0.3) is 10.9 Å². The summed E-state index contributed by atoms with van der Waals surface area (Å²) in [7, 11) is 3.52. The lowest BCUT2D eigenvalue weighted by Crippen LogP contribution is -2.55. The molecule has 1 aromatic carbocycles. The van der Waals surface area contributed by atoms with Crippen molar-refractivity contribution < 1.29 is 9.53 Å². The third kappa shape index (κ3) is 2.35. The van der Waals surface area contributed by atoms with Crippen LogP contribution in [0.1, 0.15) is 17.3 Å². The van der Waals surface area contributed by atoms with Crippen molar-refractivity contribution >= 4 is 16.9 Å². The highest BCUT2D eigenvalue weighted by atomic mass is 16.5. The Bertz CT molecular complexity index is 667. The Morgan fingerprint density at radius 1 is 1.38 bits per heavy atom. The van der Waals surface area contributed by atoms with E-state index in [2.05, 4.69) is 29.0 Å². The summed E-state index contributed by atoms with van der Waals surface area (Å²) < 4.78 is 4.89. The molecule has 3 rings (SSSR count). The summed E-state index contributed by atoms with van der Waals surface area (Å²) in [6.45, 7) is 5.00. The summed E-state index contributed by atoms with van der Waals surface area (Å²) in [5, 5.41) is 7.64. The molecule has 0 spiro atoms. The summed E-state index contributed by atoms with van der Waals surface area (Å²) in [4.78, 5) is 16.2. The highest BCUT2D eigenvalue weighted by Crippen LogP contribution is 2.21. The van der Waals surface area contributed by atoms with E-state index in [1.807, 2.05) is 16.9 Å². The average Bonchev–Trinajstić information content (AvgIpc) is 2.90. The van der Waals surface area contributed by atoms with Gasteiger partial charge in [0.15, 0.2) is 0 Å². The third-order valence-electron chi connectivity index (χ3n) is 4.02. The zero-order chi connectivity index (χ0) is 15.0. The van der Waals surface area contributed by atoms with E-state index in [1.165, 1.54) is 7.11 Å². The molecular weight excluding hydrogens is 268 g/mol. The molecule has 1 aliphatic rings. The molecule has 1 fully saturated rings. The van der Waals surface area contributed by atoms with Crippen LogP contribution >= 0.6 is 0 Å². The number of carbonyl (C=O) groups excluding carboxylic acids is 1. The SMILES string of the molecule is COC(=O)c1cccc2cnn(N3CCN(C)CC3C)c12. The van der Waals surface area contributed by atoms with E-state index in [4.69, 9.17) is 4.74 Å². The molecule has 6 heteroatoms. The van der Waals surface area contributed by atoms with E-state index in [0.29, 0.717) is 11.6 Å². The number of aromatic nitrogens is 2. The van der Waals surface area contributed by atoms with Gasteiger partial charge in [-0.2, -0.15) is 9.89 Å². The van der Waals surface area contributed by atoms with E-state index in [0.717, 1.165) is 30.5 Å². The molecule has 0 aliphatic carbocycles. The second kappa shape index (κ2) is 5.37. The largest absolute Gasteiger partial charge is 0.465 e. The molecule has 21 heavy (non-hydrogen) atoms. The second-order valence-electron chi connectivity index (χ2n) is 5.54. The number of benzene rings is 1. The number of ether oxygens (including phenoxy) is 1. The van der Waals surface area contributed by atoms with Gasteiger partial charge < -0.3 is 9.64 Å². The smallest absolute Gasteiger partial charge is 0.340 e. The Morgan fingerprint density at radius 2 is 2.19 bits per heavy atom. The Morgan fingerprint density at radius 3 is 2.90 bits per heavy atom. The third-order valence-corrected chi connectivity index (χ3v) is 4.02. The normalized spacial score (nSPS) is 20.0. The molecule has 0 bridgehead atoms. The number of para-hydroxylation sites is 1. The molecule has 6 nitrogen and oxygen atoms in total. The first-order valence-corrected chi connectivity index (χ1v) is 7.12. The van der Waals surface area contributed by atoms with Crippen LogP contribution in [0.2, 0.25) is 0 Å². The first-order chi connectivity index (χ1) is 10.1. The van der Waals surface area contributed by atoms with Gasteiger partial charge in [0.1, 0.15) is 5.52 Å². The van der Waals surface area contributed by atoms with Gasteiger partial charge >= 0.3 is 5.97 Å². The highest BCUT2D eigenvalue weighted by Gasteiger charge is 2.25. The average molecular weight is 288 g/mol. The van der Waals surface area contributed by atoms with Gasteiger partial charge in [0.05, 0.1) is 24.9 Å². The molecule has 1 aromatic heterocycles. The van der Waals surface area contributed by atoms with Crippen molar-refractivity contribution in [1.29, 1.82) is 0 Å². The van der Waals surface area contributed by atoms with Gasteiger partial charge in [0, 0.05) is 25.0 Å². The van der Waals surface area contributed by atoms with E-state index in [9.17, 15) is 4.79 Å². The van der Waals surface area contributed by atoms with Crippen LogP contribution in [0.5, 0.6) is 0 Å². The molecule has 1 atom stereocenters. The molecule has 0 saturated carbocycles. The van der Waals surface area contributed by atoms with Crippen molar-refractivity contribution in [3.8, 4) is 0 Å². The molecule has 2 heterocycles. The van der Waals surface area contributed by atoms with Crippen LogP contribution in [-0.4, -0.2) is 60.6 Å². The van der Waals surface area contributed by atoms with Crippen molar-refractivity contribution in [1.82, 2.24) is 14.8 Å². The van der Waals surface area contributed by atoms with Gasteiger partial charge in [-0.3, -0.25) is 5.01 Å². The molecule has 1 aliphatic heterocycles. The molecule has 112 valence electrons. The van der Waals surface area contributed by atoms with Crippen LogP contribution in [0, 0.1) is 0 Å². The minimum atomic E-state index is -0.330. The summed E-state index contributed by atoms with van der Waals surface area (Å²) in [5.41, 5.74) is 1.37. The number of rotatable bonds is 2. The summed E-state index contributed by atoms with van der Waals surface area (Å²) in [6, 6.07) is 5.94.